The number of anilines is 1. The molecule has 2 rings (SSSR count). The molecule has 0 aliphatic rings. The lowest BCUT2D eigenvalue weighted by Crippen LogP contribution is -2.30. The first-order valence-corrected chi connectivity index (χ1v) is 10.4. The Morgan fingerprint density at radius 2 is 2.00 bits per heavy atom. The SMILES string of the molecule is Cc1cc(CC(=O)NCCON=C(N)N)c(NS(=O)(=O)c2ccccc2Cl)c(=O)[nH]1. The normalized spacial score (nSPS) is 10.9. The Labute approximate surface area is 177 Å². The Balaban J connectivity index is 2.20. The zero-order valence-electron chi connectivity index (χ0n) is 15.9. The lowest BCUT2D eigenvalue weighted by Gasteiger charge is -2.13. The zero-order chi connectivity index (χ0) is 22.3. The van der Waals surface area contributed by atoms with E-state index in [4.69, 9.17) is 27.9 Å². The van der Waals surface area contributed by atoms with Crippen LogP contribution in [0.2, 0.25) is 5.02 Å². The number of sulfonamides is 1. The molecule has 0 saturated carbocycles. The third kappa shape index (κ3) is 6.39. The fraction of sp³-hybridized carbons (Fsp3) is 0.235. The predicted octanol–water partition coefficient (Wildman–Crippen LogP) is 0.00122. The monoisotopic (exact) mass is 456 g/mol. The summed E-state index contributed by atoms with van der Waals surface area (Å²) >= 11 is 5.96. The molecule has 7 N–H and O–H groups in total. The maximum absolute atomic E-state index is 12.7. The number of nitrogens with one attached hydrogen (secondary N) is 3. The summed E-state index contributed by atoms with van der Waals surface area (Å²) in [5.74, 6) is -0.720. The Morgan fingerprint density at radius 3 is 2.67 bits per heavy atom. The summed E-state index contributed by atoms with van der Waals surface area (Å²) < 4.78 is 27.6. The standard InChI is InChI=1S/C17H21ClN6O5S/c1-10-8-11(9-14(25)21-6-7-29-23-17(19)20)15(16(26)22-10)24-30(27,28)13-5-3-2-4-12(13)18/h2-5,8,24H,6-7,9H2,1H3,(H,21,25)(H,22,26)(H4,19,20,23). The fourth-order valence-corrected chi connectivity index (χ4v) is 4.08. The molecule has 2 aromatic rings. The van der Waals surface area contributed by atoms with Gasteiger partial charge in [0.1, 0.15) is 17.2 Å². The molecule has 0 aliphatic carbocycles. The van der Waals surface area contributed by atoms with Gasteiger partial charge in [-0.3, -0.25) is 14.3 Å². The first-order valence-electron chi connectivity index (χ1n) is 8.58. The van der Waals surface area contributed by atoms with Gasteiger partial charge in [0.05, 0.1) is 18.0 Å². The van der Waals surface area contributed by atoms with Gasteiger partial charge in [-0.05, 0) is 35.8 Å². The van der Waals surface area contributed by atoms with Crippen LogP contribution in [-0.4, -0.2) is 38.4 Å². The van der Waals surface area contributed by atoms with Crippen molar-refractivity contribution in [2.75, 3.05) is 17.9 Å². The Kier molecular flexibility index (Phi) is 7.66. The van der Waals surface area contributed by atoms with Crippen LogP contribution in [0.3, 0.4) is 0 Å². The van der Waals surface area contributed by atoms with E-state index in [1.165, 1.54) is 24.3 Å². The molecule has 0 radical (unpaired) electrons. The minimum absolute atomic E-state index is 0.00592. The van der Waals surface area contributed by atoms with Crippen LogP contribution in [0.4, 0.5) is 5.69 Å². The molecule has 162 valence electrons. The largest absolute Gasteiger partial charge is 0.391 e. The number of hydrogen-bond acceptors (Lipinski definition) is 6. The number of guanidine groups is 1. The molecule has 0 spiro atoms. The van der Waals surface area contributed by atoms with Crippen LogP contribution in [0.5, 0.6) is 0 Å². The van der Waals surface area contributed by atoms with E-state index in [1.54, 1.807) is 13.0 Å². The Bertz CT molecular complexity index is 1110. The second kappa shape index (κ2) is 9.98. The number of oxime groups is 1. The number of aromatic nitrogens is 1. The molecule has 0 saturated heterocycles. The van der Waals surface area contributed by atoms with Gasteiger partial charge in [-0.1, -0.05) is 23.7 Å². The Morgan fingerprint density at radius 1 is 1.30 bits per heavy atom. The van der Waals surface area contributed by atoms with E-state index in [9.17, 15) is 18.0 Å². The lowest BCUT2D eigenvalue weighted by molar-refractivity contribution is -0.120. The molecule has 1 aromatic heterocycles. The molecule has 11 nitrogen and oxygen atoms in total. The van der Waals surface area contributed by atoms with Crippen LogP contribution in [0.1, 0.15) is 11.3 Å². The minimum atomic E-state index is -4.16. The van der Waals surface area contributed by atoms with E-state index >= 15 is 0 Å². The lowest BCUT2D eigenvalue weighted by atomic mass is 10.1. The third-order valence-corrected chi connectivity index (χ3v) is 5.50. The number of aromatic amines is 1. The summed E-state index contributed by atoms with van der Waals surface area (Å²) in [6.45, 7) is 1.72. The molecule has 1 aromatic carbocycles. The summed E-state index contributed by atoms with van der Waals surface area (Å²) in [7, 11) is -4.16. The maximum atomic E-state index is 12.7. The predicted molar refractivity (Wildman–Crippen MR) is 113 cm³/mol. The number of nitrogens with zero attached hydrogens (tertiary/aromatic N) is 1. The van der Waals surface area contributed by atoms with Crippen molar-refractivity contribution in [1.82, 2.24) is 10.3 Å². The van der Waals surface area contributed by atoms with Gasteiger partial charge in [-0.25, -0.2) is 8.42 Å². The van der Waals surface area contributed by atoms with Gasteiger partial charge in [-0.15, -0.1) is 0 Å². The number of rotatable bonds is 9. The van der Waals surface area contributed by atoms with Crippen LogP contribution in [0.25, 0.3) is 0 Å². The number of carbonyl (C=O) groups is 1. The Hall–Kier alpha value is -3.25. The highest BCUT2D eigenvalue weighted by Crippen LogP contribution is 2.23. The molecule has 0 unspecified atom stereocenters. The molecule has 0 bridgehead atoms. The molecule has 1 amide bonds. The first kappa shape index (κ1) is 23.0. The van der Waals surface area contributed by atoms with E-state index in [0.29, 0.717) is 5.69 Å². The molecular formula is C17H21ClN6O5S. The summed E-state index contributed by atoms with van der Waals surface area (Å²) in [6, 6.07) is 7.29. The maximum Gasteiger partial charge on any atom is 0.272 e. The quantitative estimate of drug-likeness (QED) is 0.152. The van der Waals surface area contributed by atoms with Crippen molar-refractivity contribution >= 4 is 39.2 Å². The van der Waals surface area contributed by atoms with Crippen molar-refractivity contribution in [3.63, 3.8) is 0 Å². The number of benzene rings is 1. The number of hydrogen-bond donors (Lipinski definition) is 5. The van der Waals surface area contributed by atoms with Crippen LogP contribution in [0.15, 0.2) is 45.2 Å². The number of aryl methyl sites for hydroxylation is 1. The third-order valence-electron chi connectivity index (χ3n) is 3.65. The van der Waals surface area contributed by atoms with Gasteiger partial charge in [-0.2, -0.15) is 0 Å². The van der Waals surface area contributed by atoms with Crippen LogP contribution in [0, 0.1) is 6.92 Å². The van der Waals surface area contributed by atoms with Gasteiger partial charge >= 0.3 is 0 Å². The molecule has 0 fully saturated rings. The second-order valence-corrected chi connectivity index (χ2v) is 8.15. The molecule has 30 heavy (non-hydrogen) atoms. The topological polar surface area (TPSA) is 182 Å². The highest BCUT2D eigenvalue weighted by molar-refractivity contribution is 7.92. The number of H-pyrrole nitrogens is 1. The number of amides is 1. The highest BCUT2D eigenvalue weighted by Gasteiger charge is 2.22. The van der Waals surface area contributed by atoms with Crippen LogP contribution >= 0.6 is 11.6 Å². The summed E-state index contributed by atoms with van der Waals surface area (Å²) in [5.41, 5.74) is 9.89. The number of carbonyl (C=O) groups excluding carboxylic acids is 1. The average molecular weight is 457 g/mol. The van der Waals surface area contributed by atoms with Crippen molar-refractivity contribution < 1.29 is 18.0 Å². The zero-order valence-corrected chi connectivity index (χ0v) is 17.5. The molecule has 1 heterocycles. The second-order valence-electron chi connectivity index (χ2n) is 6.09. The van der Waals surface area contributed by atoms with Gasteiger partial charge in [0, 0.05) is 5.69 Å². The van der Waals surface area contributed by atoms with E-state index in [1.807, 2.05) is 0 Å². The summed E-state index contributed by atoms with van der Waals surface area (Å²) in [4.78, 5) is 31.7. The van der Waals surface area contributed by atoms with Crippen LogP contribution in [-0.2, 0) is 26.1 Å². The molecule has 0 atom stereocenters. The van der Waals surface area contributed by atoms with Gasteiger partial charge in [0.15, 0.2) is 0 Å². The number of halogens is 1. The summed E-state index contributed by atoms with van der Waals surface area (Å²) in [5, 5.41) is 5.85. The van der Waals surface area contributed by atoms with Crippen molar-refractivity contribution in [1.29, 1.82) is 0 Å². The average Bonchev–Trinajstić information content (AvgIpc) is 2.64. The van der Waals surface area contributed by atoms with E-state index in [2.05, 4.69) is 20.2 Å². The van der Waals surface area contributed by atoms with Gasteiger partial charge < -0.3 is 26.6 Å². The molecular weight excluding hydrogens is 436 g/mol. The number of pyridine rings is 1. The number of nitrogens with two attached hydrogens (primary N) is 2. The van der Waals surface area contributed by atoms with E-state index in [-0.39, 0.29) is 46.7 Å². The van der Waals surface area contributed by atoms with Crippen LogP contribution < -0.4 is 27.1 Å². The summed E-state index contributed by atoms with van der Waals surface area (Å²) in [6.07, 6.45) is -0.257. The minimum Gasteiger partial charge on any atom is -0.391 e. The van der Waals surface area contributed by atoms with Crippen molar-refractivity contribution in [2.45, 2.75) is 18.2 Å². The highest BCUT2D eigenvalue weighted by atomic mass is 35.5. The van der Waals surface area contributed by atoms with Crippen molar-refractivity contribution in [3.8, 4) is 0 Å². The van der Waals surface area contributed by atoms with Crippen molar-refractivity contribution in [3.05, 3.63) is 57.0 Å². The van der Waals surface area contributed by atoms with E-state index < -0.39 is 21.5 Å². The first-order chi connectivity index (χ1) is 14.1. The van der Waals surface area contributed by atoms with Gasteiger partial charge in [0.2, 0.25) is 11.9 Å². The smallest absolute Gasteiger partial charge is 0.272 e. The van der Waals surface area contributed by atoms with Crippen molar-refractivity contribution in [2.24, 2.45) is 16.6 Å². The van der Waals surface area contributed by atoms with Gasteiger partial charge in [0.25, 0.3) is 15.6 Å². The molecule has 0 aliphatic heterocycles. The van der Waals surface area contributed by atoms with E-state index in [0.717, 1.165) is 0 Å². The fourth-order valence-electron chi connectivity index (χ4n) is 2.45. The molecule has 13 heteroatoms.